The quantitative estimate of drug-likeness (QED) is 0.568. The van der Waals surface area contributed by atoms with Crippen LogP contribution in [0.3, 0.4) is 0 Å². The van der Waals surface area contributed by atoms with E-state index in [1.807, 2.05) is 34.3 Å². The Balaban J connectivity index is 1.46. The van der Waals surface area contributed by atoms with E-state index in [1.165, 1.54) is 0 Å². The van der Waals surface area contributed by atoms with E-state index < -0.39 is 5.41 Å². The van der Waals surface area contributed by atoms with Crippen LogP contribution in [0.25, 0.3) is 0 Å². The highest BCUT2D eigenvalue weighted by atomic mass is 32.1. The van der Waals surface area contributed by atoms with Crippen LogP contribution < -0.4 is 0 Å². The molecule has 3 aromatic rings. The lowest BCUT2D eigenvalue weighted by Gasteiger charge is -2.27. The summed E-state index contributed by atoms with van der Waals surface area (Å²) in [6.45, 7) is 8.13. The number of carbonyl (C=O) groups excluding carboxylic acids is 2. The summed E-state index contributed by atoms with van der Waals surface area (Å²) in [5, 5.41) is 8.61. The SMILES string of the molecule is Cc1nc(CN2CC[C@@]3(CN(C(=O)c4csnn4)C[C@@H]3c3cn(C(C)C)cn3)C2=O)cs1. The Morgan fingerprint density at radius 1 is 1.34 bits per heavy atom. The van der Waals surface area contributed by atoms with Gasteiger partial charge in [-0.3, -0.25) is 9.59 Å². The lowest BCUT2D eigenvalue weighted by atomic mass is 9.75. The van der Waals surface area contributed by atoms with E-state index in [9.17, 15) is 9.59 Å². The molecule has 0 saturated carbocycles. The van der Waals surface area contributed by atoms with Gasteiger partial charge in [-0.05, 0) is 38.7 Å². The number of hydrogen-bond acceptors (Lipinski definition) is 8. The summed E-state index contributed by atoms with van der Waals surface area (Å²) >= 11 is 2.74. The van der Waals surface area contributed by atoms with Crippen molar-refractivity contribution in [1.29, 1.82) is 0 Å². The molecule has 9 nitrogen and oxygen atoms in total. The van der Waals surface area contributed by atoms with E-state index in [2.05, 4.69) is 33.4 Å². The van der Waals surface area contributed by atoms with Crippen molar-refractivity contribution in [2.45, 2.75) is 45.7 Å². The molecular formula is C21H25N7O2S2. The minimum absolute atomic E-state index is 0.0824. The number of carbonyl (C=O) groups is 2. The first-order chi connectivity index (χ1) is 15.4. The molecule has 2 amide bonds. The molecule has 0 aliphatic carbocycles. The lowest BCUT2D eigenvalue weighted by Crippen LogP contribution is -2.40. The number of nitrogens with zero attached hydrogens (tertiary/aromatic N) is 7. The van der Waals surface area contributed by atoms with E-state index in [0.29, 0.717) is 38.3 Å². The highest BCUT2D eigenvalue weighted by Crippen LogP contribution is 2.50. The van der Waals surface area contributed by atoms with Crippen LogP contribution in [0, 0.1) is 12.3 Å². The van der Waals surface area contributed by atoms with E-state index in [-0.39, 0.29) is 23.8 Å². The maximum Gasteiger partial charge on any atom is 0.275 e. The number of rotatable bonds is 5. The first kappa shape index (κ1) is 21.2. The van der Waals surface area contributed by atoms with Crippen LogP contribution in [0.1, 0.15) is 59.1 Å². The molecule has 1 spiro atoms. The van der Waals surface area contributed by atoms with Crippen LogP contribution >= 0.6 is 22.9 Å². The van der Waals surface area contributed by atoms with Gasteiger partial charge in [-0.15, -0.1) is 16.4 Å². The third-order valence-corrected chi connectivity index (χ3v) is 7.87. The second kappa shape index (κ2) is 8.04. The molecule has 32 heavy (non-hydrogen) atoms. The number of thiazole rings is 1. The third-order valence-electron chi connectivity index (χ3n) is 6.54. The van der Waals surface area contributed by atoms with Gasteiger partial charge in [-0.1, -0.05) is 4.49 Å². The predicted octanol–water partition coefficient (Wildman–Crippen LogP) is 2.74. The first-order valence-corrected chi connectivity index (χ1v) is 12.4. The smallest absolute Gasteiger partial charge is 0.275 e. The summed E-state index contributed by atoms with van der Waals surface area (Å²) in [4.78, 5) is 39.7. The predicted molar refractivity (Wildman–Crippen MR) is 120 cm³/mol. The zero-order valence-corrected chi connectivity index (χ0v) is 19.9. The lowest BCUT2D eigenvalue weighted by molar-refractivity contribution is -0.136. The first-order valence-electron chi connectivity index (χ1n) is 10.7. The van der Waals surface area contributed by atoms with Gasteiger partial charge < -0.3 is 14.4 Å². The van der Waals surface area contributed by atoms with Gasteiger partial charge in [0.2, 0.25) is 5.91 Å². The number of aromatic nitrogens is 5. The molecule has 2 aliphatic rings. The van der Waals surface area contributed by atoms with Crippen LogP contribution in [0.15, 0.2) is 23.3 Å². The Hall–Kier alpha value is -2.66. The normalized spacial score (nSPS) is 23.2. The Labute approximate surface area is 194 Å². The van der Waals surface area contributed by atoms with Gasteiger partial charge >= 0.3 is 0 Å². The molecule has 5 heterocycles. The summed E-state index contributed by atoms with van der Waals surface area (Å²) < 4.78 is 5.88. The zero-order chi connectivity index (χ0) is 22.5. The monoisotopic (exact) mass is 471 g/mol. The molecular weight excluding hydrogens is 446 g/mol. The molecule has 5 rings (SSSR count). The highest BCUT2D eigenvalue weighted by molar-refractivity contribution is 7.09. The van der Waals surface area contributed by atoms with E-state index in [0.717, 1.165) is 27.9 Å². The fourth-order valence-electron chi connectivity index (χ4n) is 4.83. The molecule has 2 fully saturated rings. The minimum atomic E-state index is -0.680. The van der Waals surface area contributed by atoms with Crippen molar-refractivity contribution in [2.24, 2.45) is 5.41 Å². The molecule has 0 unspecified atom stereocenters. The Morgan fingerprint density at radius 2 is 2.19 bits per heavy atom. The van der Waals surface area contributed by atoms with Crippen LogP contribution in [0.4, 0.5) is 0 Å². The number of imidazole rings is 1. The molecule has 2 aliphatic heterocycles. The molecule has 3 aromatic heterocycles. The molecule has 0 aromatic carbocycles. The Bertz CT molecular complexity index is 1140. The van der Waals surface area contributed by atoms with Crippen LogP contribution in [-0.4, -0.2) is 65.4 Å². The third kappa shape index (κ3) is 3.53. The second-order valence-electron chi connectivity index (χ2n) is 8.86. The summed E-state index contributed by atoms with van der Waals surface area (Å²) in [5.41, 5.74) is 1.43. The van der Waals surface area contributed by atoms with Gasteiger partial charge in [0.1, 0.15) is 0 Å². The number of aryl methyl sites for hydroxylation is 1. The van der Waals surface area contributed by atoms with Gasteiger partial charge in [0.15, 0.2) is 5.69 Å². The Morgan fingerprint density at radius 3 is 2.84 bits per heavy atom. The van der Waals surface area contributed by atoms with E-state index in [4.69, 9.17) is 0 Å². The van der Waals surface area contributed by atoms with Crippen molar-refractivity contribution in [1.82, 2.24) is 33.9 Å². The highest BCUT2D eigenvalue weighted by Gasteiger charge is 2.58. The van der Waals surface area contributed by atoms with E-state index in [1.54, 1.807) is 21.6 Å². The second-order valence-corrected chi connectivity index (χ2v) is 10.5. The molecule has 0 bridgehead atoms. The standard InChI is InChI=1S/C21H25N7O2S2/c1-13(2)28-8-17(22-12-28)16-7-27(19(29)18-10-32-25-24-18)11-21(16)4-5-26(20(21)30)6-15-9-31-14(3)23-15/h8-10,12-13,16H,4-7,11H2,1-3H3/t16-,21+/m1/s1. The minimum Gasteiger partial charge on any atom is -0.336 e. The van der Waals surface area contributed by atoms with Gasteiger partial charge in [0, 0.05) is 48.6 Å². The summed E-state index contributed by atoms with van der Waals surface area (Å²) in [6.07, 6.45) is 4.53. The largest absolute Gasteiger partial charge is 0.336 e. The Kier molecular flexibility index (Phi) is 5.32. The van der Waals surface area contributed by atoms with Gasteiger partial charge in [-0.25, -0.2) is 9.97 Å². The van der Waals surface area contributed by atoms with Crippen LogP contribution in [0.2, 0.25) is 0 Å². The van der Waals surface area contributed by atoms with E-state index >= 15 is 0 Å². The molecule has 0 radical (unpaired) electrons. The summed E-state index contributed by atoms with van der Waals surface area (Å²) in [7, 11) is 0. The van der Waals surface area contributed by atoms with Crippen LogP contribution in [-0.2, 0) is 11.3 Å². The average molecular weight is 472 g/mol. The fourth-order valence-corrected chi connectivity index (χ4v) is 5.87. The van der Waals surface area contributed by atoms with Crippen molar-refractivity contribution in [3.8, 4) is 0 Å². The molecule has 11 heteroatoms. The van der Waals surface area contributed by atoms with Crippen molar-refractivity contribution in [3.63, 3.8) is 0 Å². The summed E-state index contributed by atoms with van der Waals surface area (Å²) in [6, 6.07) is 0.274. The van der Waals surface area contributed by atoms with Gasteiger partial charge in [0.25, 0.3) is 5.91 Å². The summed E-state index contributed by atoms with van der Waals surface area (Å²) in [5.74, 6) is -0.253. The molecule has 2 saturated heterocycles. The van der Waals surface area contributed by atoms with Crippen molar-refractivity contribution < 1.29 is 9.59 Å². The van der Waals surface area contributed by atoms with Crippen molar-refractivity contribution in [2.75, 3.05) is 19.6 Å². The van der Waals surface area contributed by atoms with Gasteiger partial charge in [0.05, 0.1) is 34.7 Å². The molecule has 2 atom stereocenters. The van der Waals surface area contributed by atoms with Crippen LogP contribution in [0.5, 0.6) is 0 Å². The van der Waals surface area contributed by atoms with Gasteiger partial charge in [-0.2, -0.15) is 0 Å². The maximum absolute atomic E-state index is 13.8. The maximum atomic E-state index is 13.8. The van der Waals surface area contributed by atoms with Crippen molar-refractivity contribution >= 4 is 34.7 Å². The topological polar surface area (TPSA) is 97.1 Å². The van der Waals surface area contributed by atoms with Crippen molar-refractivity contribution in [3.05, 3.63) is 45.4 Å². The average Bonchev–Trinajstić information content (AvgIpc) is 3.57. The molecule has 168 valence electrons. The number of amides is 2. The molecule has 0 N–H and O–H groups in total. The number of hydrogen-bond donors (Lipinski definition) is 0. The fraction of sp³-hybridized carbons (Fsp3) is 0.524. The number of likely N-dealkylation sites (tertiary alicyclic amines) is 2. The zero-order valence-electron chi connectivity index (χ0n) is 18.3.